The zero-order valence-electron chi connectivity index (χ0n) is 17.9. The lowest BCUT2D eigenvalue weighted by molar-refractivity contribution is -0.135. The number of anilines is 1. The molecule has 1 N–H and O–H groups in total. The molecule has 5 nitrogen and oxygen atoms in total. The molecule has 2 aromatic rings. The van der Waals surface area contributed by atoms with Crippen molar-refractivity contribution in [2.24, 2.45) is 5.92 Å². The first kappa shape index (κ1) is 20.1. The third-order valence-electron chi connectivity index (χ3n) is 6.32. The fourth-order valence-corrected chi connectivity index (χ4v) is 4.58. The number of piperidine rings is 2. The van der Waals surface area contributed by atoms with Gasteiger partial charge in [-0.05, 0) is 44.2 Å². The van der Waals surface area contributed by atoms with E-state index in [1.165, 1.54) is 30.2 Å². The van der Waals surface area contributed by atoms with Gasteiger partial charge in [0.15, 0.2) is 0 Å². The predicted molar refractivity (Wildman–Crippen MR) is 119 cm³/mol. The average Bonchev–Trinajstić information content (AvgIpc) is 2.77. The van der Waals surface area contributed by atoms with Gasteiger partial charge in [-0.2, -0.15) is 0 Å². The average molecular weight is 395 g/mol. The van der Waals surface area contributed by atoms with Crippen LogP contribution < -0.4 is 10.2 Å². The minimum absolute atomic E-state index is 0.0929. The van der Waals surface area contributed by atoms with Crippen LogP contribution in [0.15, 0.2) is 30.3 Å². The molecule has 156 valence electrons. The van der Waals surface area contributed by atoms with Crippen LogP contribution in [0.2, 0.25) is 0 Å². The summed E-state index contributed by atoms with van der Waals surface area (Å²) in [5, 5.41) is 4.98. The van der Waals surface area contributed by atoms with E-state index in [2.05, 4.69) is 40.5 Å². The van der Waals surface area contributed by atoms with E-state index in [0.29, 0.717) is 6.04 Å². The Hall–Kier alpha value is -2.14. The maximum absolute atomic E-state index is 12.2. The maximum Gasteiger partial charge on any atom is 0.225 e. The summed E-state index contributed by atoms with van der Waals surface area (Å²) < 4.78 is 0. The number of aromatic nitrogens is 1. The van der Waals surface area contributed by atoms with Gasteiger partial charge >= 0.3 is 0 Å². The number of hydrogen-bond donors (Lipinski definition) is 1. The fraction of sp³-hybridized carbons (Fsp3) is 0.583. The van der Waals surface area contributed by atoms with Crippen molar-refractivity contribution < 1.29 is 4.79 Å². The standard InChI is InChI=1S/C24H34N4O/c1-18(2)24(29)28-14-10-21(11-15-28)25-17-20-16-19-8-4-5-9-22(19)26-23(20)27-12-6-3-7-13-27/h4-5,8-9,16,18,21,25H,3,6-7,10-15,17H2,1-2H3. The number of benzene rings is 1. The molecular formula is C24H34N4O. The Balaban J connectivity index is 1.45. The monoisotopic (exact) mass is 394 g/mol. The van der Waals surface area contributed by atoms with Crippen LogP contribution in [-0.4, -0.2) is 48.0 Å². The smallest absolute Gasteiger partial charge is 0.225 e. The molecule has 1 aromatic heterocycles. The lowest BCUT2D eigenvalue weighted by atomic mass is 10.0. The molecule has 2 aliphatic rings. The summed E-state index contributed by atoms with van der Waals surface area (Å²) in [6, 6.07) is 11.2. The number of likely N-dealkylation sites (tertiary alicyclic amines) is 1. The van der Waals surface area contributed by atoms with E-state index < -0.39 is 0 Å². The van der Waals surface area contributed by atoms with Crippen molar-refractivity contribution >= 4 is 22.6 Å². The Morgan fingerprint density at radius 3 is 2.55 bits per heavy atom. The molecule has 4 rings (SSSR count). The second kappa shape index (κ2) is 9.12. The molecule has 0 aliphatic carbocycles. The Morgan fingerprint density at radius 2 is 1.83 bits per heavy atom. The number of amides is 1. The van der Waals surface area contributed by atoms with Gasteiger partial charge in [0.25, 0.3) is 0 Å². The summed E-state index contributed by atoms with van der Waals surface area (Å²) in [6.07, 6.45) is 5.88. The number of fused-ring (bicyclic) bond motifs is 1. The molecule has 2 fully saturated rings. The number of nitrogens with one attached hydrogen (secondary N) is 1. The zero-order chi connectivity index (χ0) is 20.2. The van der Waals surface area contributed by atoms with Crippen molar-refractivity contribution in [3.8, 4) is 0 Å². The van der Waals surface area contributed by atoms with Crippen LogP contribution in [0.1, 0.15) is 51.5 Å². The van der Waals surface area contributed by atoms with Gasteiger partial charge in [-0.3, -0.25) is 4.79 Å². The molecule has 0 saturated carbocycles. The number of hydrogen-bond acceptors (Lipinski definition) is 4. The Kier molecular flexibility index (Phi) is 6.34. The molecule has 2 aliphatic heterocycles. The first-order valence-corrected chi connectivity index (χ1v) is 11.3. The van der Waals surface area contributed by atoms with Crippen molar-refractivity contribution in [3.05, 3.63) is 35.9 Å². The maximum atomic E-state index is 12.2. The van der Waals surface area contributed by atoms with Crippen LogP contribution in [0.4, 0.5) is 5.82 Å². The first-order valence-electron chi connectivity index (χ1n) is 11.3. The van der Waals surface area contributed by atoms with Crippen molar-refractivity contribution in [2.75, 3.05) is 31.1 Å². The first-order chi connectivity index (χ1) is 14.1. The SMILES string of the molecule is CC(C)C(=O)N1CCC(NCc2cc3ccccc3nc2N2CCCCC2)CC1. The molecule has 3 heterocycles. The second-order valence-corrected chi connectivity index (χ2v) is 8.85. The quantitative estimate of drug-likeness (QED) is 0.834. The van der Waals surface area contributed by atoms with Gasteiger partial charge in [0.2, 0.25) is 5.91 Å². The van der Waals surface area contributed by atoms with Crippen molar-refractivity contribution in [2.45, 2.75) is 58.5 Å². The third-order valence-corrected chi connectivity index (χ3v) is 6.32. The van der Waals surface area contributed by atoms with E-state index in [-0.39, 0.29) is 11.8 Å². The van der Waals surface area contributed by atoms with Gasteiger partial charge in [0.1, 0.15) is 5.82 Å². The van der Waals surface area contributed by atoms with E-state index in [4.69, 9.17) is 4.98 Å². The molecule has 0 spiro atoms. The van der Waals surface area contributed by atoms with Crippen LogP contribution in [-0.2, 0) is 11.3 Å². The summed E-state index contributed by atoms with van der Waals surface area (Å²) >= 11 is 0. The van der Waals surface area contributed by atoms with Gasteiger partial charge < -0.3 is 15.1 Å². The fourth-order valence-electron chi connectivity index (χ4n) is 4.58. The van der Waals surface area contributed by atoms with E-state index in [1.807, 2.05) is 18.7 Å². The highest BCUT2D eigenvalue weighted by Gasteiger charge is 2.24. The van der Waals surface area contributed by atoms with Gasteiger partial charge in [0, 0.05) is 55.6 Å². The van der Waals surface area contributed by atoms with Crippen LogP contribution in [0.5, 0.6) is 0 Å². The summed E-state index contributed by atoms with van der Waals surface area (Å²) in [5.41, 5.74) is 2.38. The summed E-state index contributed by atoms with van der Waals surface area (Å²) in [4.78, 5) is 21.8. The van der Waals surface area contributed by atoms with Gasteiger partial charge in [0.05, 0.1) is 5.52 Å². The van der Waals surface area contributed by atoms with Crippen molar-refractivity contribution in [1.82, 2.24) is 15.2 Å². The van der Waals surface area contributed by atoms with E-state index in [1.54, 1.807) is 0 Å². The molecular weight excluding hydrogens is 360 g/mol. The highest BCUT2D eigenvalue weighted by atomic mass is 16.2. The molecule has 1 aromatic carbocycles. The zero-order valence-corrected chi connectivity index (χ0v) is 17.9. The Labute approximate surface area is 174 Å². The molecule has 0 bridgehead atoms. The number of nitrogens with zero attached hydrogens (tertiary/aromatic N) is 3. The van der Waals surface area contributed by atoms with Crippen molar-refractivity contribution in [1.29, 1.82) is 0 Å². The van der Waals surface area contributed by atoms with E-state index in [0.717, 1.165) is 56.9 Å². The molecule has 0 atom stereocenters. The summed E-state index contributed by atoms with van der Waals surface area (Å²) in [6.45, 7) is 8.75. The lowest BCUT2D eigenvalue weighted by Crippen LogP contribution is -2.46. The van der Waals surface area contributed by atoms with Gasteiger partial charge in [-0.1, -0.05) is 32.0 Å². The molecule has 2 saturated heterocycles. The van der Waals surface area contributed by atoms with Gasteiger partial charge in [-0.25, -0.2) is 4.98 Å². The highest BCUT2D eigenvalue weighted by molar-refractivity contribution is 5.82. The molecule has 0 unspecified atom stereocenters. The largest absolute Gasteiger partial charge is 0.356 e. The lowest BCUT2D eigenvalue weighted by Gasteiger charge is -2.34. The second-order valence-electron chi connectivity index (χ2n) is 8.85. The van der Waals surface area contributed by atoms with Crippen molar-refractivity contribution in [3.63, 3.8) is 0 Å². The Morgan fingerprint density at radius 1 is 1.10 bits per heavy atom. The predicted octanol–water partition coefficient (Wildman–Crippen LogP) is 3.96. The van der Waals surface area contributed by atoms with E-state index in [9.17, 15) is 4.79 Å². The normalized spacial score (nSPS) is 18.6. The third kappa shape index (κ3) is 4.72. The summed E-state index contributed by atoms with van der Waals surface area (Å²) in [7, 11) is 0. The number of para-hydroxylation sites is 1. The van der Waals surface area contributed by atoms with Crippen LogP contribution in [0.25, 0.3) is 10.9 Å². The summed E-state index contributed by atoms with van der Waals surface area (Å²) in [5.74, 6) is 1.54. The number of carbonyl (C=O) groups excluding carboxylic acids is 1. The number of rotatable bonds is 5. The molecule has 29 heavy (non-hydrogen) atoms. The van der Waals surface area contributed by atoms with E-state index >= 15 is 0 Å². The molecule has 5 heteroatoms. The molecule has 0 radical (unpaired) electrons. The highest BCUT2D eigenvalue weighted by Crippen LogP contribution is 2.26. The van der Waals surface area contributed by atoms with Crippen LogP contribution in [0.3, 0.4) is 0 Å². The van der Waals surface area contributed by atoms with Crippen LogP contribution >= 0.6 is 0 Å². The Bertz CT molecular complexity index is 836. The number of carbonyl (C=O) groups is 1. The van der Waals surface area contributed by atoms with Gasteiger partial charge in [-0.15, -0.1) is 0 Å². The topological polar surface area (TPSA) is 48.5 Å². The number of pyridine rings is 1. The minimum Gasteiger partial charge on any atom is -0.356 e. The molecule has 1 amide bonds. The minimum atomic E-state index is 0.0929. The van der Waals surface area contributed by atoms with Crippen LogP contribution in [0, 0.1) is 5.92 Å².